The zero-order valence-corrected chi connectivity index (χ0v) is 16.4. The van der Waals surface area contributed by atoms with Crippen LogP contribution in [0, 0.1) is 5.82 Å². The number of halogens is 1. The quantitative estimate of drug-likeness (QED) is 0.722. The third kappa shape index (κ3) is 3.89. The molecular formula is C22H22FN5O. The Balaban J connectivity index is 1.66. The number of benzene rings is 1. The lowest BCUT2D eigenvalue weighted by molar-refractivity contribution is -0.115. The van der Waals surface area contributed by atoms with Gasteiger partial charge in [-0.25, -0.2) is 9.07 Å². The molecule has 1 aliphatic carbocycles. The summed E-state index contributed by atoms with van der Waals surface area (Å²) in [5.74, 6) is -0.452. The molecule has 0 bridgehead atoms. The number of nitrogens with one attached hydrogen (secondary N) is 1. The molecule has 0 spiro atoms. The van der Waals surface area contributed by atoms with Crippen molar-refractivity contribution in [2.45, 2.75) is 26.3 Å². The first-order valence-electron chi connectivity index (χ1n) is 9.55. The molecule has 2 aromatic heterocycles. The molecule has 0 saturated carbocycles. The van der Waals surface area contributed by atoms with Crippen molar-refractivity contribution in [1.29, 1.82) is 0 Å². The van der Waals surface area contributed by atoms with E-state index in [4.69, 9.17) is 0 Å². The fourth-order valence-corrected chi connectivity index (χ4v) is 3.39. The van der Waals surface area contributed by atoms with E-state index in [1.807, 2.05) is 19.3 Å². The predicted octanol–water partition coefficient (Wildman–Crippen LogP) is 3.64. The predicted molar refractivity (Wildman–Crippen MR) is 109 cm³/mol. The van der Waals surface area contributed by atoms with Gasteiger partial charge in [-0.3, -0.25) is 9.48 Å². The highest BCUT2D eigenvalue weighted by atomic mass is 19.1. The molecule has 0 saturated heterocycles. The minimum Gasteiger partial charge on any atom is -0.348 e. The molecule has 148 valence electrons. The normalized spacial score (nSPS) is 13.3. The van der Waals surface area contributed by atoms with Crippen LogP contribution in [0.2, 0.25) is 0 Å². The van der Waals surface area contributed by atoms with Crippen molar-refractivity contribution < 1.29 is 9.18 Å². The molecule has 0 unspecified atom stereocenters. The van der Waals surface area contributed by atoms with Crippen LogP contribution >= 0.6 is 0 Å². The van der Waals surface area contributed by atoms with Gasteiger partial charge in [-0.2, -0.15) is 10.2 Å². The van der Waals surface area contributed by atoms with E-state index >= 15 is 0 Å². The summed E-state index contributed by atoms with van der Waals surface area (Å²) in [7, 11) is 1.84. The minimum absolute atomic E-state index is 0.153. The summed E-state index contributed by atoms with van der Waals surface area (Å²) in [5, 5.41) is 11.6. The molecule has 1 amide bonds. The molecule has 7 heteroatoms. The largest absolute Gasteiger partial charge is 0.348 e. The van der Waals surface area contributed by atoms with Gasteiger partial charge in [0.2, 0.25) is 0 Å². The van der Waals surface area contributed by atoms with E-state index in [2.05, 4.69) is 28.5 Å². The van der Waals surface area contributed by atoms with Gasteiger partial charge in [-0.05, 0) is 43.2 Å². The monoisotopic (exact) mass is 391 g/mol. The fourth-order valence-electron chi connectivity index (χ4n) is 3.39. The highest BCUT2D eigenvalue weighted by molar-refractivity contribution is 6.20. The lowest BCUT2D eigenvalue weighted by Gasteiger charge is -2.09. The van der Waals surface area contributed by atoms with Crippen molar-refractivity contribution in [3.05, 3.63) is 77.1 Å². The lowest BCUT2D eigenvalue weighted by Crippen LogP contribution is -2.23. The third-order valence-electron chi connectivity index (χ3n) is 4.99. The second kappa shape index (κ2) is 7.87. The second-order valence-electron chi connectivity index (χ2n) is 7.01. The minimum atomic E-state index is -0.299. The molecule has 0 fully saturated rings. The average molecular weight is 391 g/mol. The number of hydrogen-bond acceptors (Lipinski definition) is 3. The van der Waals surface area contributed by atoms with Crippen molar-refractivity contribution >= 4 is 17.6 Å². The number of carbonyl (C=O) groups excluding carboxylic acids is 1. The third-order valence-corrected chi connectivity index (χ3v) is 4.99. The van der Waals surface area contributed by atoms with E-state index in [1.54, 1.807) is 33.9 Å². The Kier molecular flexibility index (Phi) is 5.12. The summed E-state index contributed by atoms with van der Waals surface area (Å²) in [6.45, 7) is 2.49. The first-order chi connectivity index (χ1) is 14.0. The number of allylic oxidation sites excluding steroid dienone is 2. The first-order valence-corrected chi connectivity index (χ1v) is 9.55. The Hall–Kier alpha value is -3.48. The van der Waals surface area contributed by atoms with Gasteiger partial charge in [0.05, 0.1) is 23.8 Å². The van der Waals surface area contributed by atoms with Crippen molar-refractivity contribution in [1.82, 2.24) is 24.9 Å². The molecule has 29 heavy (non-hydrogen) atoms. The van der Waals surface area contributed by atoms with E-state index in [1.165, 1.54) is 17.7 Å². The Bertz CT molecular complexity index is 1100. The van der Waals surface area contributed by atoms with Crippen molar-refractivity contribution in [2.75, 3.05) is 0 Å². The number of fused-ring (bicyclic) bond motifs is 1. The number of aryl methyl sites for hydroxylation is 1. The van der Waals surface area contributed by atoms with Gasteiger partial charge in [-0.15, -0.1) is 0 Å². The van der Waals surface area contributed by atoms with Crippen LogP contribution < -0.4 is 5.32 Å². The summed E-state index contributed by atoms with van der Waals surface area (Å²) in [6.07, 6.45) is 10.9. The van der Waals surface area contributed by atoms with Crippen molar-refractivity contribution in [3.8, 4) is 5.69 Å². The maximum absolute atomic E-state index is 13.3. The Labute approximate surface area is 168 Å². The van der Waals surface area contributed by atoms with Gasteiger partial charge >= 0.3 is 0 Å². The summed E-state index contributed by atoms with van der Waals surface area (Å²) < 4.78 is 16.8. The summed E-state index contributed by atoms with van der Waals surface area (Å²) in [5.41, 5.74) is 5.07. The molecule has 6 nitrogen and oxygen atoms in total. The van der Waals surface area contributed by atoms with E-state index < -0.39 is 0 Å². The van der Waals surface area contributed by atoms with Crippen molar-refractivity contribution in [3.63, 3.8) is 0 Å². The molecule has 4 rings (SSSR count). The summed E-state index contributed by atoms with van der Waals surface area (Å²) in [6, 6.07) is 6.17. The average Bonchev–Trinajstić information content (AvgIpc) is 3.27. The van der Waals surface area contributed by atoms with Gasteiger partial charge in [-0.1, -0.05) is 18.6 Å². The van der Waals surface area contributed by atoms with Crippen LogP contribution in [0.15, 0.2) is 54.5 Å². The summed E-state index contributed by atoms with van der Waals surface area (Å²) in [4.78, 5) is 13.0. The Morgan fingerprint density at radius 2 is 2.00 bits per heavy atom. The molecular weight excluding hydrogens is 369 g/mol. The van der Waals surface area contributed by atoms with Crippen LogP contribution in [0.4, 0.5) is 4.39 Å². The molecule has 1 aliphatic rings. The lowest BCUT2D eigenvalue weighted by atomic mass is 10.1. The number of aromatic nitrogens is 4. The highest BCUT2D eigenvalue weighted by Gasteiger charge is 2.22. The number of rotatable bonds is 5. The zero-order valence-electron chi connectivity index (χ0n) is 16.4. The SMILES string of the molecule is CCC1=Cc2c(cnn2-c2ccc(F)cc2)C(C(=O)NCc2cnn(C)c2)=CC1. The highest BCUT2D eigenvalue weighted by Crippen LogP contribution is 2.30. The van der Waals surface area contributed by atoms with Crippen LogP contribution in [0.1, 0.15) is 36.6 Å². The maximum atomic E-state index is 13.3. The van der Waals surface area contributed by atoms with Gasteiger partial charge in [0, 0.05) is 36.5 Å². The fraction of sp³-hybridized carbons (Fsp3) is 0.227. The molecule has 2 heterocycles. The molecule has 0 radical (unpaired) electrons. The van der Waals surface area contributed by atoms with Crippen LogP contribution in [0.5, 0.6) is 0 Å². The summed E-state index contributed by atoms with van der Waals surface area (Å²) >= 11 is 0. The molecule has 1 aromatic carbocycles. The first kappa shape index (κ1) is 18.9. The van der Waals surface area contributed by atoms with E-state index in [0.29, 0.717) is 18.5 Å². The van der Waals surface area contributed by atoms with Gasteiger partial charge in [0.25, 0.3) is 5.91 Å². The van der Waals surface area contributed by atoms with E-state index in [0.717, 1.165) is 28.9 Å². The number of carbonyl (C=O) groups is 1. The molecule has 1 N–H and O–H groups in total. The van der Waals surface area contributed by atoms with E-state index in [-0.39, 0.29) is 11.7 Å². The van der Waals surface area contributed by atoms with Crippen LogP contribution in [0.3, 0.4) is 0 Å². The van der Waals surface area contributed by atoms with Gasteiger partial charge in [0.1, 0.15) is 5.82 Å². The van der Waals surface area contributed by atoms with Crippen LogP contribution in [-0.4, -0.2) is 25.5 Å². The van der Waals surface area contributed by atoms with Gasteiger partial charge in [0.15, 0.2) is 0 Å². The topological polar surface area (TPSA) is 64.7 Å². The van der Waals surface area contributed by atoms with Crippen molar-refractivity contribution in [2.24, 2.45) is 7.05 Å². The van der Waals surface area contributed by atoms with Crippen LogP contribution in [-0.2, 0) is 18.4 Å². The van der Waals surface area contributed by atoms with E-state index in [9.17, 15) is 9.18 Å². The Morgan fingerprint density at radius 3 is 2.69 bits per heavy atom. The smallest absolute Gasteiger partial charge is 0.251 e. The number of amides is 1. The maximum Gasteiger partial charge on any atom is 0.251 e. The number of hydrogen-bond donors (Lipinski definition) is 1. The molecule has 0 aliphatic heterocycles. The number of nitrogens with zero attached hydrogens (tertiary/aromatic N) is 4. The second-order valence-corrected chi connectivity index (χ2v) is 7.01. The molecule has 0 atom stereocenters. The zero-order chi connectivity index (χ0) is 20.4. The van der Waals surface area contributed by atoms with Crippen LogP contribution in [0.25, 0.3) is 17.3 Å². The Morgan fingerprint density at radius 1 is 1.21 bits per heavy atom. The standard InChI is InChI=1S/C22H22FN5O/c1-3-15-4-9-19(22(29)24-11-16-12-25-27(2)14-16)20-13-26-28(21(20)10-15)18-7-5-17(23)6-8-18/h5-10,12-14H,3-4,11H2,1-2H3,(H,24,29). The van der Waals surface area contributed by atoms with Gasteiger partial charge < -0.3 is 5.32 Å². The molecule has 3 aromatic rings.